The molecule has 7 nitrogen and oxygen atoms in total. The fourth-order valence-corrected chi connectivity index (χ4v) is 5.71. The van der Waals surface area contributed by atoms with Crippen molar-refractivity contribution in [3.05, 3.63) is 93.5 Å². The molecule has 0 saturated heterocycles. The van der Waals surface area contributed by atoms with Crippen LogP contribution in [-0.2, 0) is 26.2 Å². The van der Waals surface area contributed by atoms with Crippen LogP contribution in [-0.4, -0.2) is 44.8 Å². The van der Waals surface area contributed by atoms with E-state index in [2.05, 4.69) is 5.32 Å². The third-order valence-electron chi connectivity index (χ3n) is 5.86. The Morgan fingerprint density at radius 1 is 0.919 bits per heavy atom. The molecule has 0 radical (unpaired) electrons. The standard InChI is InChI=1S/C27H29Cl2N3O4S/c1-18-12-19(2)14-22(13-18)32(37(35,36)23-8-6-5-7-9-23)17-26(33)31(20(3)27(34)30-4)16-21-10-11-24(28)25(29)15-21/h5-15,20H,16-17H2,1-4H3,(H,30,34)/t20-/m1/s1. The van der Waals surface area contributed by atoms with Gasteiger partial charge < -0.3 is 10.2 Å². The first kappa shape index (κ1) is 28.5. The summed E-state index contributed by atoms with van der Waals surface area (Å²) in [6, 6.07) is 17.3. The quantitative estimate of drug-likeness (QED) is 0.399. The number of rotatable bonds is 9. The molecule has 3 aromatic rings. The van der Waals surface area contributed by atoms with E-state index in [0.717, 1.165) is 15.4 Å². The highest BCUT2D eigenvalue weighted by molar-refractivity contribution is 7.92. The van der Waals surface area contributed by atoms with Gasteiger partial charge in [0.15, 0.2) is 0 Å². The van der Waals surface area contributed by atoms with E-state index in [0.29, 0.717) is 21.3 Å². The molecular weight excluding hydrogens is 533 g/mol. The molecule has 0 unspecified atom stereocenters. The summed E-state index contributed by atoms with van der Waals surface area (Å²) in [7, 11) is -2.63. The maximum atomic E-state index is 13.8. The Morgan fingerprint density at radius 2 is 1.54 bits per heavy atom. The summed E-state index contributed by atoms with van der Waals surface area (Å²) in [4.78, 5) is 27.7. The number of benzene rings is 3. The Hall–Kier alpha value is -3.07. The van der Waals surface area contributed by atoms with Crippen molar-refractivity contribution < 1.29 is 18.0 Å². The van der Waals surface area contributed by atoms with Gasteiger partial charge in [-0.1, -0.05) is 53.5 Å². The summed E-state index contributed by atoms with van der Waals surface area (Å²) in [5.41, 5.74) is 2.70. The second-order valence-electron chi connectivity index (χ2n) is 8.73. The van der Waals surface area contributed by atoms with Gasteiger partial charge in [0.05, 0.1) is 20.6 Å². The zero-order chi connectivity index (χ0) is 27.3. The molecule has 1 atom stereocenters. The number of hydrogen-bond donors (Lipinski definition) is 1. The molecule has 10 heteroatoms. The average Bonchev–Trinajstić information content (AvgIpc) is 2.86. The third kappa shape index (κ3) is 6.83. The number of amides is 2. The van der Waals surface area contributed by atoms with Gasteiger partial charge in [0.1, 0.15) is 12.6 Å². The van der Waals surface area contributed by atoms with Gasteiger partial charge in [0.25, 0.3) is 10.0 Å². The minimum absolute atomic E-state index is 0.0242. The van der Waals surface area contributed by atoms with Crippen molar-refractivity contribution in [1.29, 1.82) is 0 Å². The van der Waals surface area contributed by atoms with Gasteiger partial charge in [-0.2, -0.15) is 0 Å². The van der Waals surface area contributed by atoms with E-state index in [1.165, 1.54) is 24.1 Å². The molecule has 0 aromatic heterocycles. The van der Waals surface area contributed by atoms with E-state index in [1.807, 2.05) is 19.9 Å². The zero-order valence-corrected chi connectivity index (χ0v) is 23.4. The highest BCUT2D eigenvalue weighted by Gasteiger charge is 2.32. The Morgan fingerprint density at radius 3 is 2.11 bits per heavy atom. The lowest BCUT2D eigenvalue weighted by atomic mass is 10.1. The first-order valence-electron chi connectivity index (χ1n) is 11.5. The number of anilines is 1. The fourth-order valence-electron chi connectivity index (χ4n) is 3.97. The monoisotopic (exact) mass is 561 g/mol. The number of hydrogen-bond acceptors (Lipinski definition) is 4. The lowest BCUT2D eigenvalue weighted by molar-refractivity contribution is -0.139. The van der Waals surface area contributed by atoms with Gasteiger partial charge in [-0.3, -0.25) is 13.9 Å². The molecule has 0 aliphatic heterocycles. The van der Waals surface area contributed by atoms with Crippen molar-refractivity contribution >= 4 is 50.7 Å². The maximum absolute atomic E-state index is 13.8. The minimum Gasteiger partial charge on any atom is -0.357 e. The Bertz CT molecular complexity index is 1380. The molecule has 0 aliphatic carbocycles. The molecule has 0 spiro atoms. The van der Waals surface area contributed by atoms with Crippen LogP contribution in [0.1, 0.15) is 23.6 Å². The van der Waals surface area contributed by atoms with Crippen molar-refractivity contribution in [2.75, 3.05) is 17.9 Å². The second-order valence-corrected chi connectivity index (χ2v) is 11.4. The van der Waals surface area contributed by atoms with Crippen LogP contribution in [0.5, 0.6) is 0 Å². The summed E-state index contributed by atoms with van der Waals surface area (Å²) in [5, 5.41) is 3.22. The van der Waals surface area contributed by atoms with Gasteiger partial charge in [-0.25, -0.2) is 8.42 Å². The van der Waals surface area contributed by atoms with Crippen LogP contribution in [0.25, 0.3) is 0 Å². The van der Waals surface area contributed by atoms with Gasteiger partial charge in [-0.15, -0.1) is 0 Å². The van der Waals surface area contributed by atoms with E-state index in [-0.39, 0.29) is 11.4 Å². The predicted molar refractivity (Wildman–Crippen MR) is 147 cm³/mol. The lowest BCUT2D eigenvalue weighted by Gasteiger charge is -2.32. The maximum Gasteiger partial charge on any atom is 0.264 e. The molecule has 0 fully saturated rings. The average molecular weight is 563 g/mol. The van der Waals surface area contributed by atoms with Crippen LogP contribution in [0.3, 0.4) is 0 Å². The number of sulfonamides is 1. The Balaban J connectivity index is 2.06. The van der Waals surface area contributed by atoms with Gasteiger partial charge in [-0.05, 0) is 73.9 Å². The van der Waals surface area contributed by atoms with Crippen LogP contribution in [0, 0.1) is 13.8 Å². The minimum atomic E-state index is -4.11. The van der Waals surface area contributed by atoms with E-state index in [9.17, 15) is 18.0 Å². The number of nitrogens with one attached hydrogen (secondary N) is 1. The molecule has 0 heterocycles. The number of likely N-dealkylation sites (N-methyl/N-ethyl adjacent to an activating group) is 1. The molecular formula is C27H29Cl2N3O4S. The number of halogens is 2. The molecule has 3 aromatic carbocycles. The van der Waals surface area contributed by atoms with E-state index in [1.54, 1.807) is 55.5 Å². The fraction of sp³-hybridized carbons (Fsp3) is 0.259. The molecule has 0 saturated carbocycles. The number of aryl methyl sites for hydroxylation is 2. The number of carbonyl (C=O) groups excluding carboxylic acids is 2. The Labute approximate surface area is 228 Å². The van der Waals surface area contributed by atoms with Crippen molar-refractivity contribution in [2.45, 2.75) is 38.3 Å². The summed E-state index contributed by atoms with van der Waals surface area (Å²) >= 11 is 12.2. The van der Waals surface area contributed by atoms with Crippen LogP contribution in [0.4, 0.5) is 5.69 Å². The smallest absolute Gasteiger partial charge is 0.264 e. The molecule has 196 valence electrons. The van der Waals surface area contributed by atoms with Crippen LogP contribution in [0.15, 0.2) is 71.6 Å². The number of nitrogens with zero attached hydrogens (tertiary/aromatic N) is 2. The van der Waals surface area contributed by atoms with Gasteiger partial charge in [0.2, 0.25) is 11.8 Å². The van der Waals surface area contributed by atoms with Crippen LogP contribution >= 0.6 is 23.2 Å². The second kappa shape index (κ2) is 12.0. The first-order valence-corrected chi connectivity index (χ1v) is 13.7. The highest BCUT2D eigenvalue weighted by Crippen LogP contribution is 2.27. The molecule has 0 aliphatic rings. The first-order chi connectivity index (χ1) is 17.4. The van der Waals surface area contributed by atoms with E-state index < -0.39 is 34.4 Å². The van der Waals surface area contributed by atoms with Crippen LogP contribution < -0.4 is 9.62 Å². The summed E-state index contributed by atoms with van der Waals surface area (Å²) in [6.45, 7) is 4.81. The van der Waals surface area contributed by atoms with Crippen molar-refractivity contribution in [1.82, 2.24) is 10.2 Å². The molecule has 1 N–H and O–H groups in total. The molecule has 0 bridgehead atoms. The van der Waals surface area contributed by atoms with Crippen molar-refractivity contribution in [2.24, 2.45) is 0 Å². The van der Waals surface area contributed by atoms with Crippen molar-refractivity contribution in [3.8, 4) is 0 Å². The summed E-state index contributed by atoms with van der Waals surface area (Å²) < 4.78 is 28.6. The van der Waals surface area contributed by atoms with Gasteiger partial charge >= 0.3 is 0 Å². The topological polar surface area (TPSA) is 86.8 Å². The summed E-state index contributed by atoms with van der Waals surface area (Å²) in [5.74, 6) is -0.946. The zero-order valence-electron chi connectivity index (χ0n) is 21.0. The van der Waals surface area contributed by atoms with E-state index >= 15 is 0 Å². The van der Waals surface area contributed by atoms with Crippen molar-refractivity contribution in [3.63, 3.8) is 0 Å². The molecule has 37 heavy (non-hydrogen) atoms. The molecule has 3 rings (SSSR count). The SMILES string of the molecule is CNC(=O)[C@@H](C)N(Cc1ccc(Cl)c(Cl)c1)C(=O)CN(c1cc(C)cc(C)c1)S(=O)(=O)c1ccccc1. The van der Waals surface area contributed by atoms with Crippen LogP contribution in [0.2, 0.25) is 10.0 Å². The predicted octanol–water partition coefficient (Wildman–Crippen LogP) is 4.97. The lowest BCUT2D eigenvalue weighted by Crippen LogP contribution is -2.50. The molecule has 2 amide bonds. The normalized spacial score (nSPS) is 12.1. The number of carbonyl (C=O) groups is 2. The van der Waals surface area contributed by atoms with Gasteiger partial charge in [0, 0.05) is 13.6 Å². The van der Waals surface area contributed by atoms with E-state index in [4.69, 9.17) is 23.2 Å². The largest absolute Gasteiger partial charge is 0.357 e. The third-order valence-corrected chi connectivity index (χ3v) is 8.38. The Kier molecular flexibility index (Phi) is 9.23. The summed E-state index contributed by atoms with van der Waals surface area (Å²) in [6.07, 6.45) is 0. The highest BCUT2D eigenvalue weighted by atomic mass is 35.5.